The predicted molar refractivity (Wildman–Crippen MR) is 53.7 cm³/mol. The number of nitrogens with zero attached hydrogens (tertiary/aromatic N) is 4. The molecule has 1 aliphatic rings. The first-order chi connectivity index (χ1) is 6.75. The lowest BCUT2D eigenvalue weighted by molar-refractivity contribution is 0.662. The van der Waals surface area contributed by atoms with E-state index in [-0.39, 0.29) is 5.28 Å². The maximum atomic E-state index is 6.00. The van der Waals surface area contributed by atoms with E-state index in [0.717, 1.165) is 30.5 Å². The van der Waals surface area contributed by atoms with Crippen molar-refractivity contribution in [1.82, 2.24) is 19.7 Å². The molecule has 3 heterocycles. The first kappa shape index (κ1) is 8.44. The zero-order valence-corrected chi connectivity index (χ0v) is 8.68. The summed E-state index contributed by atoms with van der Waals surface area (Å²) in [4.78, 5) is 7.96. The van der Waals surface area contributed by atoms with Crippen LogP contribution in [0.3, 0.4) is 0 Å². The maximum Gasteiger partial charge on any atom is 0.225 e. The Labute approximate surface area is 89.9 Å². The highest BCUT2D eigenvalue weighted by Gasteiger charge is 2.20. The number of halogens is 2. The summed E-state index contributed by atoms with van der Waals surface area (Å²) in [5, 5.41) is 5.72. The number of hydrogen-bond donors (Lipinski definition) is 0. The molecule has 0 bridgehead atoms. The van der Waals surface area contributed by atoms with E-state index in [4.69, 9.17) is 23.2 Å². The molecule has 3 rings (SSSR count). The van der Waals surface area contributed by atoms with Crippen molar-refractivity contribution in [3.63, 3.8) is 0 Å². The number of fused-ring (bicyclic) bond motifs is 3. The van der Waals surface area contributed by atoms with Gasteiger partial charge in [-0.05, 0) is 24.4 Å². The Balaban J connectivity index is 2.43. The van der Waals surface area contributed by atoms with E-state index in [1.807, 2.05) is 4.68 Å². The molecule has 0 radical (unpaired) electrons. The largest absolute Gasteiger partial charge is 0.267 e. The lowest BCUT2D eigenvalue weighted by atomic mass is 10.2. The summed E-state index contributed by atoms with van der Waals surface area (Å²) >= 11 is 11.7. The fourth-order valence-corrected chi connectivity index (χ4v) is 2.34. The maximum absolute atomic E-state index is 6.00. The van der Waals surface area contributed by atoms with Gasteiger partial charge in [0.05, 0.1) is 11.1 Å². The van der Waals surface area contributed by atoms with Crippen LogP contribution in [0.15, 0.2) is 0 Å². The quantitative estimate of drug-likeness (QED) is 0.513. The van der Waals surface area contributed by atoms with Gasteiger partial charge in [0.15, 0.2) is 5.65 Å². The van der Waals surface area contributed by atoms with Crippen LogP contribution in [0.5, 0.6) is 0 Å². The molecule has 0 aromatic carbocycles. The normalized spacial score (nSPS) is 15.0. The fraction of sp³-hybridized carbons (Fsp3) is 0.375. The van der Waals surface area contributed by atoms with Crippen LogP contribution in [-0.4, -0.2) is 19.7 Å². The topological polar surface area (TPSA) is 43.6 Å². The molecule has 0 fully saturated rings. The van der Waals surface area contributed by atoms with E-state index in [9.17, 15) is 0 Å². The minimum atomic E-state index is 0.152. The van der Waals surface area contributed by atoms with E-state index in [1.165, 1.54) is 0 Å². The smallest absolute Gasteiger partial charge is 0.225 e. The van der Waals surface area contributed by atoms with Gasteiger partial charge < -0.3 is 0 Å². The highest BCUT2D eigenvalue weighted by molar-refractivity contribution is 6.35. The van der Waals surface area contributed by atoms with E-state index < -0.39 is 0 Å². The van der Waals surface area contributed by atoms with Crippen LogP contribution in [0.1, 0.15) is 12.1 Å². The third kappa shape index (κ3) is 1.04. The van der Waals surface area contributed by atoms with Crippen molar-refractivity contribution < 1.29 is 0 Å². The van der Waals surface area contributed by atoms with Gasteiger partial charge >= 0.3 is 0 Å². The van der Waals surface area contributed by atoms with Gasteiger partial charge in [0.1, 0.15) is 5.15 Å². The Bertz CT molecular complexity index is 520. The standard InChI is InChI=1S/C8H6Cl2N4/c9-6-5-4-2-1-3-14(4)13-7(5)12-8(10)11-6/h1-3H2. The second kappa shape index (κ2) is 2.81. The molecule has 0 unspecified atom stereocenters. The van der Waals surface area contributed by atoms with Crippen LogP contribution in [0.4, 0.5) is 0 Å². The molecule has 4 nitrogen and oxygen atoms in total. The average Bonchev–Trinajstić information content (AvgIpc) is 2.60. The summed E-state index contributed by atoms with van der Waals surface area (Å²) in [5.74, 6) is 0. The monoisotopic (exact) mass is 228 g/mol. The second-order valence-corrected chi connectivity index (χ2v) is 3.95. The minimum absolute atomic E-state index is 0.152. The summed E-state index contributed by atoms with van der Waals surface area (Å²) in [6.45, 7) is 0.930. The molecule has 0 saturated carbocycles. The van der Waals surface area contributed by atoms with Crippen LogP contribution in [0.2, 0.25) is 10.4 Å². The summed E-state index contributed by atoms with van der Waals surface area (Å²) in [5.41, 5.74) is 1.73. The molecular weight excluding hydrogens is 223 g/mol. The van der Waals surface area contributed by atoms with Gasteiger partial charge in [-0.2, -0.15) is 10.1 Å². The Kier molecular flexibility index (Phi) is 1.69. The molecule has 6 heteroatoms. The van der Waals surface area contributed by atoms with Crippen LogP contribution >= 0.6 is 23.2 Å². The lowest BCUT2D eigenvalue weighted by Gasteiger charge is -1.94. The van der Waals surface area contributed by atoms with E-state index in [0.29, 0.717) is 10.8 Å². The SMILES string of the molecule is Clc1nc(Cl)c2c3n(nc2n1)CCC3. The molecule has 0 atom stereocenters. The van der Waals surface area contributed by atoms with Gasteiger partial charge in [-0.1, -0.05) is 11.6 Å². The molecular formula is C8H6Cl2N4. The number of rotatable bonds is 0. The van der Waals surface area contributed by atoms with Crippen molar-refractivity contribution in [2.75, 3.05) is 0 Å². The highest BCUT2D eigenvalue weighted by Crippen LogP contribution is 2.29. The van der Waals surface area contributed by atoms with Gasteiger partial charge in [-0.15, -0.1) is 0 Å². The molecule has 2 aromatic heterocycles. The predicted octanol–water partition coefficient (Wildman–Crippen LogP) is 2.08. The average molecular weight is 229 g/mol. The van der Waals surface area contributed by atoms with Crippen molar-refractivity contribution in [2.45, 2.75) is 19.4 Å². The van der Waals surface area contributed by atoms with Crippen molar-refractivity contribution in [1.29, 1.82) is 0 Å². The van der Waals surface area contributed by atoms with Crippen LogP contribution < -0.4 is 0 Å². The zero-order valence-electron chi connectivity index (χ0n) is 7.17. The van der Waals surface area contributed by atoms with Crippen LogP contribution in [0, 0.1) is 0 Å². The van der Waals surface area contributed by atoms with E-state index in [2.05, 4.69) is 15.1 Å². The molecule has 0 aliphatic carbocycles. The zero-order chi connectivity index (χ0) is 9.71. The van der Waals surface area contributed by atoms with Crippen molar-refractivity contribution >= 4 is 34.2 Å². The number of aromatic nitrogens is 4. The Hall–Kier alpha value is -0.870. The van der Waals surface area contributed by atoms with Crippen molar-refractivity contribution in [3.05, 3.63) is 16.1 Å². The molecule has 0 N–H and O–H groups in total. The van der Waals surface area contributed by atoms with Gasteiger partial charge in [0.2, 0.25) is 5.28 Å². The third-order valence-corrected chi connectivity index (χ3v) is 2.86. The van der Waals surface area contributed by atoms with Gasteiger partial charge in [0.25, 0.3) is 0 Å². The highest BCUT2D eigenvalue weighted by atomic mass is 35.5. The number of hydrogen-bond acceptors (Lipinski definition) is 3. The van der Waals surface area contributed by atoms with Crippen LogP contribution in [-0.2, 0) is 13.0 Å². The first-order valence-electron chi connectivity index (χ1n) is 4.34. The second-order valence-electron chi connectivity index (χ2n) is 3.26. The Morgan fingerprint density at radius 1 is 1.21 bits per heavy atom. The van der Waals surface area contributed by atoms with Gasteiger partial charge in [-0.3, -0.25) is 4.68 Å². The Morgan fingerprint density at radius 2 is 2.07 bits per heavy atom. The molecule has 0 spiro atoms. The van der Waals surface area contributed by atoms with Crippen LogP contribution in [0.25, 0.3) is 11.0 Å². The van der Waals surface area contributed by atoms with E-state index >= 15 is 0 Å². The van der Waals surface area contributed by atoms with Gasteiger partial charge in [0, 0.05) is 6.54 Å². The number of aryl methyl sites for hydroxylation is 2. The minimum Gasteiger partial charge on any atom is -0.267 e. The first-order valence-corrected chi connectivity index (χ1v) is 5.10. The summed E-state index contributed by atoms with van der Waals surface area (Å²) in [7, 11) is 0. The molecule has 1 aliphatic heterocycles. The summed E-state index contributed by atoms with van der Waals surface area (Å²) in [6.07, 6.45) is 2.10. The third-order valence-electron chi connectivity index (χ3n) is 2.42. The Morgan fingerprint density at radius 3 is 2.93 bits per heavy atom. The molecule has 2 aromatic rings. The molecule has 14 heavy (non-hydrogen) atoms. The van der Waals surface area contributed by atoms with Crippen molar-refractivity contribution in [3.8, 4) is 0 Å². The lowest BCUT2D eigenvalue weighted by Crippen LogP contribution is -1.93. The molecule has 0 saturated heterocycles. The molecule has 0 amide bonds. The van der Waals surface area contributed by atoms with E-state index in [1.54, 1.807) is 0 Å². The summed E-state index contributed by atoms with van der Waals surface area (Å²) < 4.78 is 1.93. The summed E-state index contributed by atoms with van der Waals surface area (Å²) in [6, 6.07) is 0. The van der Waals surface area contributed by atoms with Gasteiger partial charge in [-0.25, -0.2) is 4.98 Å². The van der Waals surface area contributed by atoms with Crippen molar-refractivity contribution in [2.24, 2.45) is 0 Å². The molecule has 72 valence electrons. The fourth-order valence-electron chi connectivity index (χ4n) is 1.86.